The maximum Gasteiger partial charge on any atom is 0.224 e. The summed E-state index contributed by atoms with van der Waals surface area (Å²) in [4.78, 5) is 29.6. The number of nitrogens with zero attached hydrogens (tertiary/aromatic N) is 2. The summed E-state index contributed by atoms with van der Waals surface area (Å²) >= 11 is 0. The van der Waals surface area contributed by atoms with E-state index >= 15 is 0 Å². The first-order valence-electron chi connectivity index (χ1n) is 8.88. The second kappa shape index (κ2) is 10.2. The van der Waals surface area contributed by atoms with Crippen LogP contribution in [0.1, 0.15) is 33.1 Å². The second-order valence-corrected chi connectivity index (χ2v) is 5.78. The summed E-state index contributed by atoms with van der Waals surface area (Å²) in [5, 5.41) is 2.83. The fourth-order valence-corrected chi connectivity index (χ4v) is 2.51. The van der Waals surface area contributed by atoms with E-state index in [2.05, 4.69) is 10.3 Å². The number of anilines is 1. The van der Waals surface area contributed by atoms with Gasteiger partial charge in [0.25, 0.3) is 0 Å². The van der Waals surface area contributed by atoms with Gasteiger partial charge in [-0.25, -0.2) is 0 Å². The third-order valence-corrected chi connectivity index (χ3v) is 3.93. The van der Waals surface area contributed by atoms with Crippen molar-refractivity contribution in [2.75, 3.05) is 18.4 Å². The van der Waals surface area contributed by atoms with Gasteiger partial charge in [0.05, 0.1) is 0 Å². The average Bonchev–Trinajstić information content (AvgIpc) is 2.65. The Bertz CT molecular complexity index is 698. The topological polar surface area (TPSA) is 71.5 Å². The molecule has 0 atom stereocenters. The number of hydrogen-bond acceptors (Lipinski definition) is 4. The number of hydrogen-bond donors (Lipinski definition) is 1. The molecule has 1 heterocycles. The number of ether oxygens (including phenoxy) is 1. The van der Waals surface area contributed by atoms with Gasteiger partial charge in [0.1, 0.15) is 11.5 Å². The van der Waals surface area contributed by atoms with Crippen LogP contribution in [-0.2, 0) is 9.59 Å². The SMILES string of the molecule is CCN(CC)C(=O)CCCC(=O)Nc1ccc(Oc2ccncc2)cc1. The zero-order chi connectivity index (χ0) is 18.8. The van der Waals surface area contributed by atoms with Gasteiger partial charge in [-0.15, -0.1) is 0 Å². The van der Waals surface area contributed by atoms with Crippen LogP contribution in [0.3, 0.4) is 0 Å². The van der Waals surface area contributed by atoms with E-state index in [0.717, 1.165) is 0 Å². The van der Waals surface area contributed by atoms with Crippen LogP contribution in [0.2, 0.25) is 0 Å². The summed E-state index contributed by atoms with van der Waals surface area (Å²) in [6.07, 6.45) is 4.59. The van der Waals surface area contributed by atoms with Crippen molar-refractivity contribution in [2.24, 2.45) is 0 Å². The van der Waals surface area contributed by atoms with E-state index in [1.807, 2.05) is 13.8 Å². The van der Waals surface area contributed by atoms with Crippen molar-refractivity contribution in [3.05, 3.63) is 48.8 Å². The highest BCUT2D eigenvalue weighted by Gasteiger charge is 2.10. The molecule has 1 aromatic heterocycles. The van der Waals surface area contributed by atoms with Crippen LogP contribution in [0.5, 0.6) is 11.5 Å². The van der Waals surface area contributed by atoms with E-state index in [9.17, 15) is 9.59 Å². The largest absolute Gasteiger partial charge is 0.457 e. The molecule has 0 aliphatic heterocycles. The third kappa shape index (κ3) is 6.20. The molecule has 26 heavy (non-hydrogen) atoms. The predicted octanol–water partition coefficient (Wildman–Crippen LogP) is 3.85. The molecule has 0 unspecified atom stereocenters. The summed E-state index contributed by atoms with van der Waals surface area (Å²) in [6, 6.07) is 10.7. The number of amides is 2. The van der Waals surface area contributed by atoms with Crippen LogP contribution >= 0.6 is 0 Å². The Morgan fingerprint density at radius 2 is 1.58 bits per heavy atom. The molecule has 2 aromatic rings. The van der Waals surface area contributed by atoms with Crippen LogP contribution in [0.15, 0.2) is 48.8 Å². The molecule has 2 amide bonds. The van der Waals surface area contributed by atoms with E-state index in [1.54, 1.807) is 53.7 Å². The molecular formula is C20H25N3O3. The summed E-state index contributed by atoms with van der Waals surface area (Å²) < 4.78 is 5.68. The fourth-order valence-electron chi connectivity index (χ4n) is 2.51. The molecule has 0 saturated carbocycles. The van der Waals surface area contributed by atoms with Crippen molar-refractivity contribution < 1.29 is 14.3 Å². The Morgan fingerprint density at radius 1 is 0.962 bits per heavy atom. The minimum atomic E-state index is -0.0971. The Kier molecular flexibility index (Phi) is 7.61. The van der Waals surface area contributed by atoms with Crippen molar-refractivity contribution in [1.29, 1.82) is 0 Å². The van der Waals surface area contributed by atoms with Crippen LogP contribution in [0, 0.1) is 0 Å². The van der Waals surface area contributed by atoms with Gasteiger partial charge >= 0.3 is 0 Å². The average molecular weight is 355 g/mol. The smallest absolute Gasteiger partial charge is 0.224 e. The summed E-state index contributed by atoms with van der Waals surface area (Å²) in [5.41, 5.74) is 0.701. The molecule has 0 saturated heterocycles. The van der Waals surface area contributed by atoms with E-state index in [0.29, 0.717) is 49.5 Å². The molecule has 0 spiro atoms. The lowest BCUT2D eigenvalue weighted by molar-refractivity contribution is -0.130. The van der Waals surface area contributed by atoms with Crippen LogP contribution < -0.4 is 10.1 Å². The first kappa shape index (κ1) is 19.4. The minimum Gasteiger partial charge on any atom is -0.457 e. The molecule has 1 aromatic carbocycles. The van der Waals surface area contributed by atoms with E-state index < -0.39 is 0 Å². The van der Waals surface area contributed by atoms with E-state index in [1.165, 1.54) is 0 Å². The first-order valence-corrected chi connectivity index (χ1v) is 8.88. The Balaban J connectivity index is 1.76. The molecule has 0 aliphatic carbocycles. The predicted molar refractivity (Wildman–Crippen MR) is 101 cm³/mol. The molecule has 0 radical (unpaired) electrons. The van der Waals surface area contributed by atoms with Crippen LogP contribution in [0.25, 0.3) is 0 Å². The molecule has 138 valence electrons. The zero-order valence-electron chi connectivity index (χ0n) is 15.3. The van der Waals surface area contributed by atoms with Crippen molar-refractivity contribution in [2.45, 2.75) is 33.1 Å². The van der Waals surface area contributed by atoms with E-state index in [-0.39, 0.29) is 11.8 Å². The van der Waals surface area contributed by atoms with Gasteiger partial charge in [-0.1, -0.05) is 0 Å². The number of rotatable bonds is 9. The fraction of sp³-hybridized carbons (Fsp3) is 0.350. The zero-order valence-corrected chi connectivity index (χ0v) is 15.3. The minimum absolute atomic E-state index is 0.0971. The van der Waals surface area contributed by atoms with Gasteiger partial charge in [0.15, 0.2) is 0 Å². The van der Waals surface area contributed by atoms with Gasteiger partial charge in [-0.3, -0.25) is 14.6 Å². The quantitative estimate of drug-likeness (QED) is 0.741. The molecule has 6 nitrogen and oxygen atoms in total. The number of aromatic nitrogens is 1. The van der Waals surface area contributed by atoms with Crippen molar-refractivity contribution in [1.82, 2.24) is 9.88 Å². The maximum atomic E-state index is 12.0. The lowest BCUT2D eigenvalue weighted by Crippen LogP contribution is -2.30. The summed E-state index contributed by atoms with van der Waals surface area (Å²) in [5.74, 6) is 1.38. The van der Waals surface area contributed by atoms with Crippen molar-refractivity contribution in [3.8, 4) is 11.5 Å². The number of benzene rings is 1. The van der Waals surface area contributed by atoms with Gasteiger partial charge in [0.2, 0.25) is 11.8 Å². The molecule has 1 N–H and O–H groups in total. The lowest BCUT2D eigenvalue weighted by Gasteiger charge is -2.18. The Labute approximate surface area is 154 Å². The molecule has 0 aliphatic rings. The number of carbonyl (C=O) groups is 2. The maximum absolute atomic E-state index is 12.0. The third-order valence-electron chi connectivity index (χ3n) is 3.93. The summed E-state index contributed by atoms with van der Waals surface area (Å²) in [7, 11) is 0. The highest BCUT2D eigenvalue weighted by atomic mass is 16.5. The standard InChI is InChI=1S/C20H25N3O3/c1-3-23(4-2)20(25)7-5-6-19(24)22-16-8-10-17(11-9-16)26-18-12-14-21-15-13-18/h8-15H,3-7H2,1-2H3,(H,22,24). The van der Waals surface area contributed by atoms with Gasteiger partial charge in [-0.2, -0.15) is 0 Å². The molecule has 2 rings (SSSR count). The van der Waals surface area contributed by atoms with Crippen molar-refractivity contribution in [3.63, 3.8) is 0 Å². The first-order chi connectivity index (χ1) is 12.6. The lowest BCUT2D eigenvalue weighted by atomic mass is 10.2. The number of nitrogens with one attached hydrogen (secondary N) is 1. The van der Waals surface area contributed by atoms with E-state index in [4.69, 9.17) is 4.74 Å². The number of pyridine rings is 1. The molecular weight excluding hydrogens is 330 g/mol. The molecule has 0 fully saturated rings. The van der Waals surface area contributed by atoms with Crippen LogP contribution in [0.4, 0.5) is 5.69 Å². The van der Waals surface area contributed by atoms with Gasteiger partial charge in [0, 0.05) is 44.0 Å². The second-order valence-electron chi connectivity index (χ2n) is 5.78. The molecule has 6 heteroatoms. The van der Waals surface area contributed by atoms with Crippen LogP contribution in [-0.4, -0.2) is 34.8 Å². The molecule has 0 bridgehead atoms. The highest BCUT2D eigenvalue weighted by molar-refractivity contribution is 5.91. The van der Waals surface area contributed by atoms with Crippen molar-refractivity contribution >= 4 is 17.5 Å². The monoisotopic (exact) mass is 355 g/mol. The Hall–Kier alpha value is -2.89. The normalized spacial score (nSPS) is 10.2. The summed E-state index contributed by atoms with van der Waals surface area (Å²) in [6.45, 7) is 5.32. The van der Waals surface area contributed by atoms with Gasteiger partial charge in [-0.05, 0) is 56.7 Å². The van der Waals surface area contributed by atoms with Gasteiger partial charge < -0.3 is 15.0 Å². The Morgan fingerprint density at radius 3 is 2.19 bits per heavy atom. The number of carbonyl (C=O) groups excluding carboxylic acids is 2. The highest BCUT2D eigenvalue weighted by Crippen LogP contribution is 2.22.